The number of carbonyl (C=O) groups excluding carboxylic acids is 2. The van der Waals surface area contributed by atoms with Crippen LogP contribution in [-0.2, 0) is 21.2 Å². The summed E-state index contributed by atoms with van der Waals surface area (Å²) in [4.78, 5) is 26.8. The number of rotatable bonds is 9. The van der Waals surface area contributed by atoms with Gasteiger partial charge < -0.3 is 10.2 Å². The average Bonchev–Trinajstić information content (AvgIpc) is 2.86. The van der Waals surface area contributed by atoms with E-state index in [9.17, 15) is 35.6 Å². The summed E-state index contributed by atoms with van der Waals surface area (Å²) in [6.45, 7) is 1.93. The summed E-state index contributed by atoms with van der Waals surface area (Å²) in [7, 11) is -4.14. The van der Waals surface area contributed by atoms with Crippen LogP contribution in [-0.4, -0.2) is 44.6 Å². The zero-order chi connectivity index (χ0) is 26.7. The van der Waals surface area contributed by atoms with Gasteiger partial charge in [-0.05, 0) is 49.2 Å². The number of hydrogen-bond donors (Lipinski definition) is 1. The van der Waals surface area contributed by atoms with Crippen LogP contribution in [0.3, 0.4) is 0 Å². The molecule has 12 heteroatoms. The number of fused-ring (bicyclic) bond motifs is 1. The van der Waals surface area contributed by atoms with Crippen LogP contribution in [0.5, 0.6) is 0 Å². The Labute approximate surface area is 211 Å². The van der Waals surface area contributed by atoms with Crippen LogP contribution in [0.15, 0.2) is 41.3 Å². The van der Waals surface area contributed by atoms with Crippen molar-refractivity contribution in [3.05, 3.63) is 58.4 Å². The largest absolute Gasteiger partial charge is 0.389 e. The lowest BCUT2D eigenvalue weighted by molar-refractivity contribution is -0.135. The van der Waals surface area contributed by atoms with Gasteiger partial charge in [0, 0.05) is 17.9 Å². The van der Waals surface area contributed by atoms with Crippen LogP contribution in [0, 0.1) is 5.82 Å². The Kier molecular flexibility index (Phi) is 8.79. The van der Waals surface area contributed by atoms with Gasteiger partial charge in [-0.1, -0.05) is 30.7 Å². The third kappa shape index (κ3) is 6.83. The smallest absolute Gasteiger partial charge is 0.305 e. The number of likely N-dealkylation sites (N-methyl/N-ethyl adjacent to an activating group) is 1. The molecule has 1 heterocycles. The van der Waals surface area contributed by atoms with E-state index in [0.717, 1.165) is 6.07 Å². The summed E-state index contributed by atoms with van der Waals surface area (Å²) in [6, 6.07) is 7.10. The molecule has 6 nitrogen and oxygen atoms in total. The highest BCUT2D eigenvalue weighted by Gasteiger charge is 2.38. The van der Waals surface area contributed by atoms with Crippen molar-refractivity contribution in [2.45, 2.75) is 56.3 Å². The number of nitrogens with one attached hydrogen (secondary N) is 1. The number of hydrogen-bond acceptors (Lipinski definition) is 5. The number of alkyl halides is 3. The molecule has 196 valence electrons. The number of unbranched alkanes of at least 4 members (excludes halogenated alkanes) is 1. The van der Waals surface area contributed by atoms with Gasteiger partial charge in [0.15, 0.2) is 15.6 Å². The molecule has 0 saturated carbocycles. The van der Waals surface area contributed by atoms with Crippen molar-refractivity contribution in [2.24, 2.45) is 0 Å². The second-order valence-corrected chi connectivity index (χ2v) is 10.9. The summed E-state index contributed by atoms with van der Waals surface area (Å²) in [6.07, 6.45) is -6.22. The number of carbonyl (C=O) groups is 2. The highest BCUT2D eigenvalue weighted by molar-refractivity contribution is 7.91. The van der Waals surface area contributed by atoms with Gasteiger partial charge in [0.1, 0.15) is 11.9 Å². The summed E-state index contributed by atoms with van der Waals surface area (Å²) in [5.74, 6) is -3.07. The van der Waals surface area contributed by atoms with Crippen LogP contribution in [0.2, 0.25) is 5.02 Å². The number of nitrogens with zero attached hydrogens (tertiary/aromatic N) is 1. The van der Waals surface area contributed by atoms with Crippen LogP contribution in [0.25, 0.3) is 0 Å². The van der Waals surface area contributed by atoms with Gasteiger partial charge in [-0.2, -0.15) is 13.2 Å². The lowest BCUT2D eigenvalue weighted by Gasteiger charge is -2.26. The molecule has 0 saturated heterocycles. The van der Waals surface area contributed by atoms with Gasteiger partial charge in [-0.25, -0.2) is 12.8 Å². The Bertz CT molecular complexity index is 1230. The molecule has 1 N–H and O–H groups in total. The highest BCUT2D eigenvalue weighted by atomic mass is 35.5. The molecular formula is C24H25ClF4N2O4S. The maximum atomic E-state index is 14.9. The Balaban J connectivity index is 2.03. The Morgan fingerprint density at radius 3 is 2.44 bits per heavy atom. The molecule has 3 rings (SSSR count). The molecule has 2 aromatic rings. The molecule has 2 aromatic carbocycles. The molecule has 0 bridgehead atoms. The quantitative estimate of drug-likeness (QED) is 0.268. The molecule has 1 amide bonds. The first kappa shape index (κ1) is 28.1. The number of ketones is 1. The normalized spacial score (nSPS) is 17.6. The van der Waals surface area contributed by atoms with Crippen molar-refractivity contribution in [3.63, 3.8) is 0 Å². The second-order valence-electron chi connectivity index (χ2n) is 8.49. The van der Waals surface area contributed by atoms with E-state index in [1.54, 1.807) is 31.2 Å². The van der Waals surface area contributed by atoms with E-state index in [2.05, 4.69) is 5.32 Å². The molecular weight excluding hydrogens is 524 g/mol. The lowest BCUT2D eigenvalue weighted by atomic mass is 10.0. The van der Waals surface area contributed by atoms with Crippen molar-refractivity contribution >= 4 is 38.8 Å². The Morgan fingerprint density at radius 2 is 1.83 bits per heavy atom. The number of halogens is 5. The van der Waals surface area contributed by atoms with E-state index < -0.39 is 62.2 Å². The fourth-order valence-electron chi connectivity index (χ4n) is 3.98. The third-order valence-electron chi connectivity index (χ3n) is 5.74. The van der Waals surface area contributed by atoms with Crippen LogP contribution < -0.4 is 10.2 Å². The number of Topliss-reactive ketones (excluding diaryl/α,β-unsaturated/α-hetero) is 1. The monoisotopic (exact) mass is 548 g/mol. The van der Waals surface area contributed by atoms with Crippen molar-refractivity contribution in [1.82, 2.24) is 5.32 Å². The second kappa shape index (κ2) is 11.3. The molecule has 0 aromatic heterocycles. The van der Waals surface area contributed by atoms with Crippen LogP contribution >= 0.6 is 11.6 Å². The van der Waals surface area contributed by atoms with Crippen LogP contribution in [0.1, 0.15) is 48.5 Å². The lowest BCUT2D eigenvalue weighted by Crippen LogP contribution is -2.48. The van der Waals surface area contributed by atoms with Gasteiger partial charge >= 0.3 is 6.18 Å². The van der Waals surface area contributed by atoms with Gasteiger partial charge in [-0.15, -0.1) is 0 Å². The first-order valence-electron chi connectivity index (χ1n) is 11.3. The predicted octanol–water partition coefficient (Wildman–Crippen LogP) is 5.08. The summed E-state index contributed by atoms with van der Waals surface area (Å²) < 4.78 is 78.3. The average molecular weight is 549 g/mol. The maximum Gasteiger partial charge on any atom is 0.389 e. The van der Waals surface area contributed by atoms with Crippen molar-refractivity contribution in [1.29, 1.82) is 0 Å². The van der Waals surface area contributed by atoms with Crippen molar-refractivity contribution in [2.75, 3.05) is 17.2 Å². The molecule has 1 aliphatic rings. The molecule has 1 atom stereocenters. The van der Waals surface area contributed by atoms with E-state index in [-0.39, 0.29) is 31.5 Å². The fourth-order valence-corrected chi connectivity index (χ4v) is 5.75. The SMILES string of the molecule is CCN[C@H]1CS(=O)(=O)c2cc(F)c(C(=O)CCCCC(F)(F)F)cc2N(Cc2ccc(Cl)cc2)C1=O. The van der Waals surface area contributed by atoms with Crippen molar-refractivity contribution < 1.29 is 35.6 Å². The van der Waals surface area contributed by atoms with E-state index >= 15 is 0 Å². The minimum atomic E-state index is -4.36. The van der Waals surface area contributed by atoms with Gasteiger partial charge in [0.25, 0.3) is 0 Å². The minimum absolute atomic E-state index is 0.0781. The van der Waals surface area contributed by atoms with E-state index in [4.69, 9.17) is 11.6 Å². The Morgan fingerprint density at radius 1 is 1.17 bits per heavy atom. The summed E-state index contributed by atoms with van der Waals surface area (Å²) >= 11 is 5.93. The number of amides is 1. The molecule has 1 aliphatic heterocycles. The molecule has 0 fully saturated rings. The molecule has 0 unspecified atom stereocenters. The molecule has 0 aliphatic carbocycles. The van der Waals surface area contributed by atoms with Gasteiger partial charge in [0.05, 0.1) is 28.4 Å². The zero-order valence-electron chi connectivity index (χ0n) is 19.4. The first-order valence-corrected chi connectivity index (χ1v) is 13.3. The predicted molar refractivity (Wildman–Crippen MR) is 127 cm³/mol. The highest BCUT2D eigenvalue weighted by Crippen LogP contribution is 2.35. The minimum Gasteiger partial charge on any atom is -0.305 e. The van der Waals surface area contributed by atoms with E-state index in [0.29, 0.717) is 23.2 Å². The molecule has 0 spiro atoms. The number of benzene rings is 2. The standard InChI is InChI=1S/C24H25ClF4N2O4S/c1-2-30-19-14-36(34,35)22-12-18(26)17(21(32)5-3-4-10-24(27,28)29)11-20(22)31(23(19)33)13-15-6-8-16(25)9-7-15/h6-9,11-12,19,30H,2-5,10,13-14H2,1H3/t19-/m0/s1. The van der Waals surface area contributed by atoms with Gasteiger partial charge in [-0.3, -0.25) is 9.59 Å². The third-order valence-corrected chi connectivity index (χ3v) is 7.76. The fraction of sp³-hybridized carbons (Fsp3) is 0.417. The first-order chi connectivity index (χ1) is 16.8. The number of sulfone groups is 1. The van der Waals surface area contributed by atoms with E-state index in [1.807, 2.05) is 0 Å². The summed E-state index contributed by atoms with van der Waals surface area (Å²) in [5, 5.41) is 3.30. The van der Waals surface area contributed by atoms with Crippen molar-refractivity contribution in [3.8, 4) is 0 Å². The molecule has 0 radical (unpaired) electrons. The molecule has 36 heavy (non-hydrogen) atoms. The topological polar surface area (TPSA) is 83.6 Å². The summed E-state index contributed by atoms with van der Waals surface area (Å²) in [5.41, 5.74) is -0.0280. The van der Waals surface area contributed by atoms with E-state index in [1.165, 1.54) is 4.90 Å². The number of anilines is 1. The van der Waals surface area contributed by atoms with Gasteiger partial charge in [0.2, 0.25) is 5.91 Å². The maximum absolute atomic E-state index is 14.9. The zero-order valence-corrected chi connectivity index (χ0v) is 20.9. The van der Waals surface area contributed by atoms with Crippen LogP contribution in [0.4, 0.5) is 23.2 Å². The Hall–Kier alpha value is -2.50.